The van der Waals surface area contributed by atoms with E-state index in [4.69, 9.17) is 28.0 Å². The van der Waals surface area contributed by atoms with Crippen LogP contribution in [0, 0.1) is 11.6 Å². The van der Waals surface area contributed by atoms with E-state index in [-0.39, 0.29) is 33.0 Å². The van der Waals surface area contributed by atoms with Crippen LogP contribution in [0.5, 0.6) is 0 Å². The number of aromatic nitrogens is 1. The maximum atomic E-state index is 14.8. The highest BCUT2D eigenvalue weighted by molar-refractivity contribution is 6.37. The summed E-state index contributed by atoms with van der Waals surface area (Å²) in [6, 6.07) is 11.4. The summed E-state index contributed by atoms with van der Waals surface area (Å²) < 4.78 is 29.7. The molecule has 0 N–H and O–H groups in total. The number of piperidine rings is 1. The Kier molecular flexibility index (Phi) is 7.89. The largest absolute Gasteiger partial charge is 0.392 e. The van der Waals surface area contributed by atoms with Gasteiger partial charge < -0.3 is 9.74 Å². The second-order valence-electron chi connectivity index (χ2n) is 8.69. The molecule has 1 saturated heterocycles. The molecule has 0 unspecified atom stereocenters. The Hall–Kier alpha value is -2.74. The number of likely N-dealkylation sites (tertiary alicyclic amines) is 1. The summed E-state index contributed by atoms with van der Waals surface area (Å²) in [4.78, 5) is 20.9. The van der Waals surface area contributed by atoms with E-state index in [0.717, 1.165) is 38.1 Å². The molecule has 1 aliphatic rings. The van der Waals surface area contributed by atoms with Crippen LogP contribution >= 0.6 is 23.2 Å². The number of nitrogens with zero attached hydrogens (tertiary/aromatic N) is 3. The first-order valence-electron chi connectivity index (χ1n) is 11.4. The van der Waals surface area contributed by atoms with Crippen LogP contribution in [0.15, 0.2) is 64.7 Å². The van der Waals surface area contributed by atoms with Gasteiger partial charge in [-0.15, -0.1) is 0 Å². The first-order chi connectivity index (χ1) is 16.7. The van der Waals surface area contributed by atoms with Gasteiger partial charge >= 0.3 is 0 Å². The second kappa shape index (κ2) is 10.9. The van der Waals surface area contributed by atoms with Crippen LogP contribution < -0.4 is 5.56 Å². The van der Waals surface area contributed by atoms with Crippen LogP contribution in [0.1, 0.15) is 37.8 Å². The highest BCUT2D eigenvalue weighted by Gasteiger charge is 2.23. The van der Waals surface area contributed by atoms with Gasteiger partial charge in [0.05, 0.1) is 15.7 Å². The van der Waals surface area contributed by atoms with E-state index < -0.39 is 11.6 Å². The fourth-order valence-electron chi connectivity index (χ4n) is 4.08. The molecule has 0 saturated carbocycles. The lowest BCUT2D eigenvalue weighted by Gasteiger charge is -2.33. The fraction of sp³-hybridized carbons (Fsp3) is 0.308. The Morgan fingerprint density at radius 3 is 2.37 bits per heavy atom. The average Bonchev–Trinajstić information content (AvgIpc) is 2.82. The number of pyridine rings is 1. The zero-order valence-electron chi connectivity index (χ0n) is 19.3. The smallest absolute Gasteiger partial charge is 0.255 e. The minimum absolute atomic E-state index is 0.0430. The molecule has 1 fully saturated rings. The number of hydrogen-bond acceptors (Lipinski definition) is 4. The van der Waals surface area contributed by atoms with Crippen molar-refractivity contribution in [2.45, 2.75) is 38.8 Å². The lowest BCUT2D eigenvalue weighted by atomic mass is 10.0. The predicted molar refractivity (Wildman–Crippen MR) is 135 cm³/mol. The summed E-state index contributed by atoms with van der Waals surface area (Å²) in [5.41, 5.74) is 0.464. The van der Waals surface area contributed by atoms with Gasteiger partial charge in [0.2, 0.25) is 0 Å². The van der Waals surface area contributed by atoms with Gasteiger partial charge in [-0.3, -0.25) is 9.36 Å². The molecule has 1 aromatic heterocycles. The number of benzene rings is 2. The molecule has 2 aromatic carbocycles. The third-order valence-electron chi connectivity index (χ3n) is 6.05. The average molecular weight is 520 g/mol. The van der Waals surface area contributed by atoms with Crippen LogP contribution in [-0.4, -0.2) is 40.4 Å². The summed E-state index contributed by atoms with van der Waals surface area (Å²) in [7, 11) is 0. The molecule has 5 nitrogen and oxygen atoms in total. The van der Waals surface area contributed by atoms with Crippen molar-refractivity contribution in [1.82, 2.24) is 9.47 Å². The zero-order valence-corrected chi connectivity index (χ0v) is 20.9. The molecule has 0 radical (unpaired) electrons. The summed E-state index contributed by atoms with van der Waals surface area (Å²) in [6.45, 7) is 6.03. The van der Waals surface area contributed by atoms with Gasteiger partial charge in [0.1, 0.15) is 23.5 Å². The third kappa shape index (κ3) is 5.74. The SMILES string of the molecule is CC(C)N1CCC(ON=C(c2ccc(=O)n(-c3c(Cl)cccc3Cl)c2)c2ccc(F)cc2F)CC1. The number of halogens is 4. The Labute approximate surface area is 212 Å². The van der Waals surface area contributed by atoms with E-state index in [9.17, 15) is 13.6 Å². The molecule has 0 atom stereocenters. The van der Waals surface area contributed by atoms with E-state index in [1.165, 1.54) is 29.0 Å². The Morgan fingerprint density at radius 1 is 1.06 bits per heavy atom. The summed E-state index contributed by atoms with van der Waals surface area (Å²) >= 11 is 12.6. The van der Waals surface area contributed by atoms with Crippen LogP contribution in [0.3, 0.4) is 0 Å². The van der Waals surface area contributed by atoms with Crippen LogP contribution in [-0.2, 0) is 4.84 Å². The molecule has 3 aromatic rings. The minimum atomic E-state index is -0.796. The number of hydrogen-bond donors (Lipinski definition) is 0. The van der Waals surface area contributed by atoms with Crippen LogP contribution in [0.4, 0.5) is 8.78 Å². The van der Waals surface area contributed by atoms with Gasteiger partial charge in [0.25, 0.3) is 5.56 Å². The van der Waals surface area contributed by atoms with Gasteiger partial charge in [-0.05, 0) is 57.0 Å². The molecule has 0 aliphatic carbocycles. The molecule has 184 valence electrons. The third-order valence-corrected chi connectivity index (χ3v) is 6.66. The monoisotopic (exact) mass is 519 g/mol. The molecule has 9 heteroatoms. The van der Waals surface area contributed by atoms with Gasteiger partial charge in [-0.25, -0.2) is 8.78 Å². The van der Waals surface area contributed by atoms with Crippen LogP contribution in [0.25, 0.3) is 5.69 Å². The molecule has 1 aliphatic heterocycles. The first-order valence-corrected chi connectivity index (χ1v) is 12.1. The fourth-order valence-corrected chi connectivity index (χ4v) is 4.66. The van der Waals surface area contributed by atoms with Crippen LogP contribution in [0.2, 0.25) is 10.0 Å². The first kappa shape index (κ1) is 25.4. The molecule has 0 amide bonds. The van der Waals surface area contributed by atoms with Crippen molar-refractivity contribution in [2.24, 2.45) is 5.16 Å². The number of rotatable bonds is 6. The molecule has 35 heavy (non-hydrogen) atoms. The maximum absolute atomic E-state index is 14.8. The van der Waals surface area contributed by atoms with Crippen molar-refractivity contribution < 1.29 is 13.6 Å². The molecule has 4 rings (SSSR count). The standard InChI is InChI=1S/C26H25Cl2F2N3O2/c1-16(2)32-12-10-19(11-13-32)35-31-25(20-8-7-18(29)14-23(20)30)17-6-9-24(34)33(15-17)26-21(27)4-3-5-22(26)28/h3-9,14-16,19H,10-13H2,1-2H3. The molecule has 0 bridgehead atoms. The van der Waals surface area contributed by atoms with E-state index in [1.54, 1.807) is 18.2 Å². The Balaban J connectivity index is 1.75. The van der Waals surface area contributed by atoms with Gasteiger partial charge in [0, 0.05) is 48.6 Å². The predicted octanol–water partition coefficient (Wildman–Crippen LogP) is 6.06. The molecular weight excluding hydrogens is 495 g/mol. The normalized spacial score (nSPS) is 15.6. The van der Waals surface area contributed by atoms with Crippen molar-refractivity contribution >= 4 is 28.9 Å². The number of oxime groups is 1. The van der Waals surface area contributed by atoms with Gasteiger partial charge in [-0.1, -0.05) is 34.4 Å². The summed E-state index contributed by atoms with van der Waals surface area (Å²) in [6.07, 6.45) is 2.87. The Bertz CT molecular complexity index is 1280. The minimum Gasteiger partial charge on any atom is -0.392 e. The van der Waals surface area contributed by atoms with Gasteiger partial charge in [0.15, 0.2) is 0 Å². The number of para-hydroxylation sites is 1. The molecule has 2 heterocycles. The van der Waals surface area contributed by atoms with Crippen molar-refractivity contribution in [3.8, 4) is 5.69 Å². The van der Waals surface area contributed by atoms with E-state index in [0.29, 0.717) is 17.3 Å². The van der Waals surface area contributed by atoms with Crippen molar-refractivity contribution in [3.05, 3.63) is 97.9 Å². The maximum Gasteiger partial charge on any atom is 0.255 e. The van der Waals surface area contributed by atoms with Gasteiger partial charge in [-0.2, -0.15) is 0 Å². The summed E-state index contributed by atoms with van der Waals surface area (Å²) in [5, 5.41) is 4.86. The van der Waals surface area contributed by atoms with Crippen molar-refractivity contribution in [2.75, 3.05) is 13.1 Å². The highest BCUT2D eigenvalue weighted by atomic mass is 35.5. The Morgan fingerprint density at radius 2 is 1.74 bits per heavy atom. The van der Waals surface area contributed by atoms with E-state index in [1.807, 2.05) is 0 Å². The van der Waals surface area contributed by atoms with Crippen molar-refractivity contribution in [3.63, 3.8) is 0 Å². The topological polar surface area (TPSA) is 46.8 Å². The zero-order chi connectivity index (χ0) is 25.1. The highest BCUT2D eigenvalue weighted by Crippen LogP contribution is 2.28. The van der Waals surface area contributed by atoms with Crippen molar-refractivity contribution in [1.29, 1.82) is 0 Å². The molecule has 0 spiro atoms. The lowest BCUT2D eigenvalue weighted by Crippen LogP contribution is -2.40. The molecular formula is C26H25Cl2F2N3O2. The lowest BCUT2D eigenvalue weighted by molar-refractivity contribution is 0.00449. The van der Waals surface area contributed by atoms with E-state index >= 15 is 0 Å². The second-order valence-corrected chi connectivity index (χ2v) is 9.51. The summed E-state index contributed by atoms with van der Waals surface area (Å²) in [5.74, 6) is -1.50. The van der Waals surface area contributed by atoms with E-state index in [2.05, 4.69) is 23.9 Å². The quantitative estimate of drug-likeness (QED) is 0.293.